The van der Waals surface area contributed by atoms with Crippen molar-refractivity contribution in [1.29, 1.82) is 0 Å². The number of hydrogen-bond donors (Lipinski definition) is 1. The van der Waals surface area contributed by atoms with Crippen molar-refractivity contribution in [3.63, 3.8) is 0 Å². The highest BCUT2D eigenvalue weighted by atomic mass is 16.5. The Hall–Kier alpha value is -1.02. The second kappa shape index (κ2) is 4.23. The van der Waals surface area contributed by atoms with Crippen molar-refractivity contribution in [2.24, 2.45) is 0 Å². The van der Waals surface area contributed by atoms with E-state index in [4.69, 9.17) is 9.84 Å². The molecule has 0 bridgehead atoms. The van der Waals surface area contributed by atoms with Gasteiger partial charge in [0.05, 0.1) is 13.7 Å². The molecule has 1 aromatic carbocycles. The monoisotopic (exact) mass is 205 g/mol. The number of hydrogen-bond acceptors (Lipinski definition) is 2. The highest BCUT2D eigenvalue weighted by Crippen LogP contribution is 2.46. The van der Waals surface area contributed by atoms with Crippen molar-refractivity contribution < 1.29 is 9.84 Å². The zero-order valence-corrected chi connectivity index (χ0v) is 9.07. The summed E-state index contributed by atoms with van der Waals surface area (Å²) in [5.74, 6) is 1.48. The molecule has 81 valence electrons. The lowest BCUT2D eigenvalue weighted by Crippen LogP contribution is -2.04. The molecular weight excluding hydrogens is 188 g/mol. The highest BCUT2D eigenvalue weighted by molar-refractivity contribution is 5.47. The Kier molecular flexibility index (Phi) is 2.96. The van der Waals surface area contributed by atoms with Gasteiger partial charge >= 0.3 is 0 Å². The molecule has 2 nitrogen and oxygen atoms in total. The molecule has 0 aliphatic heterocycles. The molecule has 2 heteroatoms. The van der Waals surface area contributed by atoms with Crippen LogP contribution < -0.4 is 4.74 Å². The van der Waals surface area contributed by atoms with Gasteiger partial charge in [0.15, 0.2) is 0 Å². The van der Waals surface area contributed by atoms with Gasteiger partial charge < -0.3 is 9.84 Å². The van der Waals surface area contributed by atoms with E-state index in [1.807, 2.05) is 12.1 Å². The van der Waals surface area contributed by atoms with E-state index in [0.717, 1.165) is 11.3 Å². The molecule has 1 N–H and O–H groups in total. The van der Waals surface area contributed by atoms with Crippen molar-refractivity contribution in [2.45, 2.75) is 24.7 Å². The van der Waals surface area contributed by atoms with Gasteiger partial charge in [-0.1, -0.05) is 18.2 Å². The van der Waals surface area contributed by atoms with E-state index in [1.165, 1.54) is 18.4 Å². The molecule has 1 aromatic rings. The Morgan fingerprint density at radius 1 is 1.53 bits per heavy atom. The number of ether oxygens (including phenoxy) is 1. The van der Waals surface area contributed by atoms with E-state index < -0.39 is 0 Å². The highest BCUT2D eigenvalue weighted by Gasteiger charge is 2.28. The molecule has 1 atom stereocenters. The van der Waals surface area contributed by atoms with Gasteiger partial charge in [0, 0.05) is 5.92 Å². The number of rotatable bonds is 4. The molecule has 0 spiro atoms. The second-order valence-corrected chi connectivity index (χ2v) is 4.12. The minimum atomic E-state index is -0.0985. The fourth-order valence-corrected chi connectivity index (χ4v) is 1.94. The number of benzene rings is 1. The number of aliphatic hydroxyl groups is 1. The van der Waals surface area contributed by atoms with Crippen LogP contribution in [-0.4, -0.2) is 18.8 Å². The van der Waals surface area contributed by atoms with Crippen LogP contribution in [0, 0.1) is 6.92 Å². The Bertz CT molecular complexity index is 342. The molecule has 1 saturated carbocycles. The van der Waals surface area contributed by atoms with Gasteiger partial charge in [-0.25, -0.2) is 0 Å². The van der Waals surface area contributed by atoms with E-state index in [2.05, 4.69) is 13.0 Å². The van der Waals surface area contributed by atoms with Crippen LogP contribution in [0.5, 0.6) is 5.75 Å². The fourth-order valence-electron chi connectivity index (χ4n) is 1.94. The third-order valence-electron chi connectivity index (χ3n) is 2.96. The molecule has 2 rings (SSSR count). The topological polar surface area (TPSA) is 29.5 Å². The van der Waals surface area contributed by atoms with Gasteiger partial charge in [0.2, 0.25) is 0 Å². The molecule has 15 heavy (non-hydrogen) atoms. The van der Waals surface area contributed by atoms with E-state index in [1.54, 1.807) is 7.11 Å². The summed E-state index contributed by atoms with van der Waals surface area (Å²) in [6.45, 7) is 3.99. The zero-order chi connectivity index (χ0) is 10.8. The minimum Gasteiger partial charge on any atom is -0.496 e. The fraction of sp³-hybridized carbons (Fsp3) is 0.462. The molecular formula is C13H17O2. The molecule has 1 radical (unpaired) electrons. The first-order valence-electron chi connectivity index (χ1n) is 5.38. The van der Waals surface area contributed by atoms with Crippen LogP contribution >= 0.6 is 0 Å². The standard InChI is InChI=1S/C13H17O2/c1-9(8-14)11-4-3-5-12(10-6-7-10)13(11)15-2/h3-5,9-10,14H,1,6-8H2,2H3. The van der Waals surface area contributed by atoms with Gasteiger partial charge in [-0.3, -0.25) is 0 Å². The predicted molar refractivity (Wildman–Crippen MR) is 60.2 cm³/mol. The van der Waals surface area contributed by atoms with Crippen LogP contribution in [0.15, 0.2) is 18.2 Å². The summed E-state index contributed by atoms with van der Waals surface area (Å²) >= 11 is 0. The van der Waals surface area contributed by atoms with E-state index in [0.29, 0.717) is 5.92 Å². The molecule has 1 unspecified atom stereocenters. The normalized spacial score (nSPS) is 17.5. The lowest BCUT2D eigenvalue weighted by Gasteiger charge is -2.16. The summed E-state index contributed by atoms with van der Waals surface area (Å²) in [7, 11) is 1.69. The van der Waals surface area contributed by atoms with Gasteiger partial charge in [0.1, 0.15) is 5.75 Å². The summed E-state index contributed by atoms with van der Waals surface area (Å²) in [6, 6.07) is 6.13. The summed E-state index contributed by atoms with van der Waals surface area (Å²) in [4.78, 5) is 0. The lowest BCUT2D eigenvalue weighted by molar-refractivity contribution is 0.279. The Morgan fingerprint density at radius 3 is 2.80 bits per heavy atom. The quantitative estimate of drug-likeness (QED) is 0.818. The van der Waals surface area contributed by atoms with Gasteiger partial charge in [-0.2, -0.15) is 0 Å². The van der Waals surface area contributed by atoms with Crippen LogP contribution in [0.3, 0.4) is 0 Å². The number of methoxy groups -OCH3 is 1. The smallest absolute Gasteiger partial charge is 0.125 e. The van der Waals surface area contributed by atoms with Crippen molar-refractivity contribution in [3.05, 3.63) is 36.2 Å². The minimum absolute atomic E-state index is 0.0600. The maximum Gasteiger partial charge on any atom is 0.125 e. The molecule has 0 aromatic heterocycles. The third kappa shape index (κ3) is 2.00. The molecule has 0 heterocycles. The van der Waals surface area contributed by atoms with Crippen molar-refractivity contribution >= 4 is 0 Å². The van der Waals surface area contributed by atoms with Gasteiger partial charge in [-0.15, -0.1) is 0 Å². The molecule has 1 aliphatic rings. The Balaban J connectivity index is 2.40. The first-order valence-corrected chi connectivity index (χ1v) is 5.38. The van der Waals surface area contributed by atoms with Crippen LogP contribution in [0.25, 0.3) is 0 Å². The second-order valence-electron chi connectivity index (χ2n) is 4.12. The first-order chi connectivity index (χ1) is 7.27. The molecule has 1 fully saturated rings. The van der Waals surface area contributed by atoms with Crippen molar-refractivity contribution in [3.8, 4) is 5.75 Å². The van der Waals surface area contributed by atoms with E-state index in [-0.39, 0.29) is 12.5 Å². The summed E-state index contributed by atoms with van der Waals surface area (Å²) in [6.07, 6.45) is 2.50. The van der Waals surface area contributed by atoms with Crippen LogP contribution in [0.4, 0.5) is 0 Å². The average molecular weight is 205 g/mol. The van der Waals surface area contributed by atoms with Gasteiger partial charge in [-0.05, 0) is 36.8 Å². The summed E-state index contributed by atoms with van der Waals surface area (Å²) in [5, 5.41) is 9.14. The van der Waals surface area contributed by atoms with Crippen LogP contribution in [0.1, 0.15) is 35.8 Å². The number of para-hydroxylation sites is 1. The van der Waals surface area contributed by atoms with E-state index >= 15 is 0 Å². The van der Waals surface area contributed by atoms with Crippen molar-refractivity contribution in [2.75, 3.05) is 13.7 Å². The largest absolute Gasteiger partial charge is 0.496 e. The van der Waals surface area contributed by atoms with Gasteiger partial charge in [0.25, 0.3) is 0 Å². The predicted octanol–water partition coefficient (Wildman–Crippen LogP) is 2.48. The molecule has 0 saturated heterocycles. The zero-order valence-electron chi connectivity index (χ0n) is 9.07. The first kappa shape index (κ1) is 10.5. The van der Waals surface area contributed by atoms with Crippen molar-refractivity contribution in [1.82, 2.24) is 0 Å². The Labute approximate surface area is 90.9 Å². The maximum absolute atomic E-state index is 9.14. The third-order valence-corrected chi connectivity index (χ3v) is 2.96. The molecule has 0 amide bonds. The lowest BCUT2D eigenvalue weighted by atomic mass is 9.96. The van der Waals surface area contributed by atoms with E-state index in [9.17, 15) is 0 Å². The SMILES string of the molecule is [CH2]C(CO)c1cccc(C2CC2)c1OC. The summed E-state index contributed by atoms with van der Waals surface area (Å²) < 4.78 is 5.45. The Morgan fingerprint density at radius 2 is 2.27 bits per heavy atom. The van der Waals surface area contributed by atoms with Crippen LogP contribution in [0.2, 0.25) is 0 Å². The maximum atomic E-state index is 9.14. The number of aliphatic hydroxyl groups excluding tert-OH is 1. The average Bonchev–Trinajstić information content (AvgIpc) is 3.10. The molecule has 1 aliphatic carbocycles. The van der Waals surface area contributed by atoms with Crippen LogP contribution in [-0.2, 0) is 0 Å². The summed E-state index contributed by atoms with van der Waals surface area (Å²) in [5.41, 5.74) is 2.29.